The van der Waals surface area contributed by atoms with E-state index in [0.717, 1.165) is 11.1 Å². The predicted molar refractivity (Wildman–Crippen MR) is 50.5 cm³/mol. The molecule has 0 rings (SSSR count). The van der Waals surface area contributed by atoms with Gasteiger partial charge in [-0.1, -0.05) is 38.5 Å². The van der Waals surface area contributed by atoms with E-state index in [4.69, 9.17) is 14.0 Å². The molecular weight excluding hydrogens is 236 g/mol. The quantitative estimate of drug-likeness (QED) is 0.317. The smallest absolute Gasteiger partial charge is 0 e. The zero-order valence-corrected chi connectivity index (χ0v) is 9.17. The Morgan fingerprint density at radius 3 is 0.933 bits per heavy atom. The van der Waals surface area contributed by atoms with Crippen molar-refractivity contribution in [2.75, 3.05) is 0 Å². The van der Waals surface area contributed by atoms with E-state index in [1.165, 1.54) is 0 Å². The van der Waals surface area contributed by atoms with E-state index in [-0.39, 0.29) is 17.1 Å². The fourth-order valence-electron chi connectivity index (χ4n) is 0.262. The van der Waals surface area contributed by atoms with E-state index in [1.807, 2.05) is 0 Å². The second-order valence-electron chi connectivity index (χ2n) is 1.46. The standard InChI is InChI=1S/C8H10.3CO.Fe/c1-5-7(3)8(4)6-2;3*1-2;/h5-6H,1-4H2;;;;. The van der Waals surface area contributed by atoms with Crippen LogP contribution in [0.4, 0.5) is 0 Å². The SMILES string of the molecule is C=CC(=C)C(=C)C=C.[C-]#[O+].[C-]#[O+].[C-]#[O+].[Fe]. The maximum atomic E-state index is 7.50. The molecule has 0 bridgehead atoms. The van der Waals surface area contributed by atoms with Crippen LogP contribution in [-0.2, 0) is 31.0 Å². The Bertz CT molecular complexity index is 214. The molecule has 0 fully saturated rings. The number of allylic oxidation sites excluding steroid dienone is 4. The maximum Gasteiger partial charge on any atom is 0 e. The summed E-state index contributed by atoms with van der Waals surface area (Å²) < 4.78 is 22.5. The van der Waals surface area contributed by atoms with Crippen LogP contribution in [0, 0.1) is 20.0 Å². The summed E-state index contributed by atoms with van der Waals surface area (Å²) in [5.74, 6) is 0. The second-order valence-corrected chi connectivity index (χ2v) is 1.46. The summed E-state index contributed by atoms with van der Waals surface area (Å²) in [6.07, 6.45) is 3.31. The molecule has 4 heteroatoms. The Kier molecular flexibility index (Phi) is 75.4. The molecule has 0 aromatic carbocycles. The van der Waals surface area contributed by atoms with Gasteiger partial charge >= 0.3 is 33.9 Å². The third-order valence-electron chi connectivity index (χ3n) is 0.905. The number of hydrogen-bond acceptors (Lipinski definition) is 0. The van der Waals surface area contributed by atoms with Gasteiger partial charge in [-0.05, 0) is 11.1 Å². The topological polar surface area (TPSA) is 59.7 Å². The van der Waals surface area contributed by atoms with Crippen LogP contribution in [0.1, 0.15) is 0 Å². The zero-order valence-electron chi connectivity index (χ0n) is 8.06. The first kappa shape index (κ1) is 29.2. The van der Waals surface area contributed by atoms with Crippen molar-refractivity contribution in [1.29, 1.82) is 0 Å². The number of rotatable bonds is 3. The van der Waals surface area contributed by atoms with Crippen LogP contribution >= 0.6 is 0 Å². The minimum absolute atomic E-state index is 0. The first-order valence-electron chi connectivity index (χ1n) is 2.96. The van der Waals surface area contributed by atoms with Gasteiger partial charge in [0, 0.05) is 17.1 Å². The molecule has 0 aromatic heterocycles. The monoisotopic (exact) mass is 246 g/mol. The molecule has 0 aliphatic heterocycles. The van der Waals surface area contributed by atoms with Crippen molar-refractivity contribution in [2.45, 2.75) is 0 Å². The van der Waals surface area contributed by atoms with Crippen LogP contribution < -0.4 is 0 Å². The van der Waals surface area contributed by atoms with E-state index in [1.54, 1.807) is 12.2 Å². The summed E-state index contributed by atoms with van der Waals surface area (Å²) in [6, 6.07) is 0. The fourth-order valence-corrected chi connectivity index (χ4v) is 0.262. The largest absolute Gasteiger partial charge is 0 e. The van der Waals surface area contributed by atoms with Crippen LogP contribution in [0.15, 0.2) is 49.6 Å². The molecule has 80 valence electrons. The maximum absolute atomic E-state index is 7.50. The van der Waals surface area contributed by atoms with E-state index < -0.39 is 0 Å². The molecule has 0 aliphatic rings. The van der Waals surface area contributed by atoms with Gasteiger partial charge in [0.1, 0.15) is 0 Å². The second kappa shape index (κ2) is 38.7. The molecule has 0 unspecified atom stereocenters. The summed E-state index contributed by atoms with van der Waals surface area (Å²) in [5.41, 5.74) is 1.67. The first-order chi connectivity index (χ1) is 6.72. The van der Waals surface area contributed by atoms with Crippen molar-refractivity contribution in [3.05, 3.63) is 69.6 Å². The molecule has 0 aromatic rings. The van der Waals surface area contributed by atoms with Gasteiger partial charge in [-0.2, -0.15) is 0 Å². The minimum atomic E-state index is 0. The van der Waals surface area contributed by atoms with E-state index >= 15 is 0 Å². The van der Waals surface area contributed by atoms with E-state index in [0.29, 0.717) is 0 Å². The first-order valence-corrected chi connectivity index (χ1v) is 2.96. The van der Waals surface area contributed by atoms with Crippen LogP contribution in [0.2, 0.25) is 0 Å². The van der Waals surface area contributed by atoms with Gasteiger partial charge in [0.05, 0.1) is 0 Å². The average molecular weight is 246 g/mol. The zero-order chi connectivity index (χ0) is 12.6. The van der Waals surface area contributed by atoms with Crippen molar-refractivity contribution < 1.29 is 31.0 Å². The Morgan fingerprint density at radius 2 is 0.867 bits per heavy atom. The molecule has 0 spiro atoms. The summed E-state index contributed by atoms with van der Waals surface area (Å²) in [6.45, 7) is 27.9. The summed E-state index contributed by atoms with van der Waals surface area (Å²) in [4.78, 5) is 0. The Balaban J connectivity index is -0.0000000410. The van der Waals surface area contributed by atoms with E-state index in [9.17, 15) is 0 Å². The van der Waals surface area contributed by atoms with Crippen molar-refractivity contribution in [3.8, 4) is 0 Å². The molecule has 0 amide bonds. The van der Waals surface area contributed by atoms with Crippen molar-refractivity contribution in [1.82, 2.24) is 0 Å². The van der Waals surface area contributed by atoms with Gasteiger partial charge in [0.15, 0.2) is 0 Å². The normalized spacial score (nSPS) is 4.40. The van der Waals surface area contributed by atoms with Crippen LogP contribution in [0.5, 0.6) is 0 Å². The molecule has 0 heterocycles. The van der Waals surface area contributed by atoms with Crippen LogP contribution in [-0.4, -0.2) is 0 Å². The van der Waals surface area contributed by atoms with E-state index in [2.05, 4.69) is 46.3 Å². The van der Waals surface area contributed by atoms with Gasteiger partial charge in [0.25, 0.3) is 0 Å². The molecule has 0 saturated carbocycles. The third-order valence-corrected chi connectivity index (χ3v) is 0.905. The molecule has 0 aliphatic carbocycles. The van der Waals surface area contributed by atoms with Crippen molar-refractivity contribution in [3.63, 3.8) is 0 Å². The summed E-state index contributed by atoms with van der Waals surface area (Å²) in [5, 5.41) is 0. The molecule has 0 N–H and O–H groups in total. The van der Waals surface area contributed by atoms with Gasteiger partial charge in [0.2, 0.25) is 0 Å². The van der Waals surface area contributed by atoms with Crippen molar-refractivity contribution in [2.24, 2.45) is 0 Å². The average Bonchev–Trinajstić information content (AvgIpc) is 2.34. The van der Waals surface area contributed by atoms with Gasteiger partial charge in [-0.15, -0.1) is 0 Å². The fraction of sp³-hybridized carbons (Fsp3) is 0. The molecule has 0 saturated heterocycles. The van der Waals surface area contributed by atoms with Gasteiger partial charge < -0.3 is 0 Å². The predicted octanol–water partition coefficient (Wildman–Crippen LogP) is 2.36. The van der Waals surface area contributed by atoms with Crippen molar-refractivity contribution >= 4 is 0 Å². The third kappa shape index (κ3) is 32.4. The Labute approximate surface area is 101 Å². The molecule has 3 nitrogen and oxygen atoms in total. The Hall–Kier alpha value is -1.30. The van der Waals surface area contributed by atoms with Crippen LogP contribution in [0.3, 0.4) is 0 Å². The molecular formula is C11H10FeO3. The molecule has 15 heavy (non-hydrogen) atoms. The molecule has 0 atom stereocenters. The van der Waals surface area contributed by atoms with Gasteiger partial charge in [-0.3, -0.25) is 0 Å². The summed E-state index contributed by atoms with van der Waals surface area (Å²) >= 11 is 0. The Morgan fingerprint density at radius 1 is 0.733 bits per heavy atom. The summed E-state index contributed by atoms with van der Waals surface area (Å²) in [7, 11) is 0. The minimum Gasteiger partial charge on any atom is 0 e. The van der Waals surface area contributed by atoms with Gasteiger partial charge in [-0.25, -0.2) is 0 Å². The molecule has 0 radical (unpaired) electrons. The van der Waals surface area contributed by atoms with Crippen LogP contribution in [0.25, 0.3) is 0 Å². The number of hydrogen-bond donors (Lipinski definition) is 0.